The third-order valence-corrected chi connectivity index (χ3v) is 9.66. The number of aromatic amines is 1. The Bertz CT molecular complexity index is 1530. The zero-order valence-electron chi connectivity index (χ0n) is 22.4. The topological polar surface area (TPSA) is 121 Å². The predicted octanol–water partition coefficient (Wildman–Crippen LogP) is 3.62. The van der Waals surface area contributed by atoms with Gasteiger partial charge in [-0.3, -0.25) is 4.90 Å². The van der Waals surface area contributed by atoms with Gasteiger partial charge >= 0.3 is 6.18 Å². The van der Waals surface area contributed by atoms with Crippen molar-refractivity contribution in [2.75, 3.05) is 70.3 Å². The smallest absolute Gasteiger partial charge is 0.418 e. The Morgan fingerprint density at radius 3 is 2.39 bits per heavy atom. The Hall–Kier alpha value is -3.27. The fourth-order valence-electron chi connectivity index (χ4n) is 5.70. The van der Waals surface area contributed by atoms with E-state index in [9.17, 15) is 21.6 Å². The molecule has 2 aromatic heterocycles. The van der Waals surface area contributed by atoms with Gasteiger partial charge in [-0.2, -0.15) is 17.5 Å². The second kappa shape index (κ2) is 10.9. The quantitative estimate of drug-likeness (QED) is 0.392. The number of morpholine rings is 1. The minimum Gasteiger partial charge on any atom is -0.485 e. The number of alkyl halides is 3. The van der Waals surface area contributed by atoms with E-state index in [0.29, 0.717) is 38.0 Å². The van der Waals surface area contributed by atoms with E-state index in [0.717, 1.165) is 32.1 Å². The summed E-state index contributed by atoms with van der Waals surface area (Å²) in [6, 6.07) is 4.80. The van der Waals surface area contributed by atoms with Crippen molar-refractivity contribution in [3.8, 4) is 11.5 Å². The van der Waals surface area contributed by atoms with Gasteiger partial charge in [-0.05, 0) is 25.0 Å². The summed E-state index contributed by atoms with van der Waals surface area (Å²) in [7, 11) is -2.36. The summed E-state index contributed by atoms with van der Waals surface area (Å²) in [4.78, 5) is 9.28. The number of aromatic nitrogens is 2. The first-order valence-corrected chi connectivity index (χ1v) is 14.9. The molecule has 2 fully saturated rings. The van der Waals surface area contributed by atoms with Gasteiger partial charge in [-0.15, -0.1) is 0 Å². The van der Waals surface area contributed by atoms with Crippen LogP contribution in [-0.2, 0) is 20.9 Å². The molecule has 3 aliphatic rings. The van der Waals surface area contributed by atoms with Gasteiger partial charge < -0.3 is 29.8 Å². The van der Waals surface area contributed by atoms with E-state index < -0.39 is 21.8 Å². The molecule has 0 spiro atoms. The zero-order chi connectivity index (χ0) is 28.8. The van der Waals surface area contributed by atoms with Gasteiger partial charge in [0, 0.05) is 57.2 Å². The lowest BCUT2D eigenvalue weighted by molar-refractivity contribution is -0.136. The molecule has 0 unspecified atom stereocenters. The Labute approximate surface area is 235 Å². The van der Waals surface area contributed by atoms with E-state index in [1.54, 1.807) is 6.07 Å². The molecule has 2 saturated heterocycles. The van der Waals surface area contributed by atoms with Crippen LogP contribution in [0, 0.1) is 0 Å². The second-order valence-corrected chi connectivity index (χ2v) is 12.0. The number of hydrogen-bond donors (Lipinski definition) is 3. The molecular weight excluding hydrogens is 565 g/mol. The van der Waals surface area contributed by atoms with Gasteiger partial charge in [0.25, 0.3) is 0 Å². The molecule has 0 bridgehead atoms. The standard InChI is InChI=1S/C26H31F3N6O5S/c1-30-19-14-21(33-25-22(19)17(15-31-25)26(27,28)29)32-18-2-3-20(24-23(18)39-12-13-40-24)41(36,37)35-6-4-16(5-7-35)34-8-10-38-11-9-34/h2-3,14-16H,4-13H2,1H3,(H3,30,31,32,33). The molecule has 0 aliphatic carbocycles. The van der Waals surface area contributed by atoms with Crippen LogP contribution in [0.5, 0.6) is 11.5 Å². The van der Waals surface area contributed by atoms with Crippen molar-refractivity contribution in [2.24, 2.45) is 0 Å². The number of pyridine rings is 1. The maximum atomic E-state index is 13.7. The van der Waals surface area contributed by atoms with Crippen LogP contribution in [0.2, 0.25) is 0 Å². The SMILES string of the molecule is CNc1cc(Nc2ccc(S(=O)(=O)N3CCC(N4CCOCC4)CC3)c3c2OCCO3)nc2[nH]cc(C(F)(F)F)c12. The molecule has 0 amide bonds. The number of nitrogens with zero attached hydrogens (tertiary/aromatic N) is 3. The number of ether oxygens (including phenoxy) is 3. The zero-order valence-corrected chi connectivity index (χ0v) is 23.2. The molecular formula is C26H31F3N6O5S. The lowest BCUT2D eigenvalue weighted by Crippen LogP contribution is -2.50. The molecule has 3 aromatic rings. The van der Waals surface area contributed by atoms with Crippen molar-refractivity contribution in [3.63, 3.8) is 0 Å². The molecule has 41 heavy (non-hydrogen) atoms. The maximum absolute atomic E-state index is 13.7. The molecule has 0 radical (unpaired) electrons. The highest BCUT2D eigenvalue weighted by molar-refractivity contribution is 7.89. The van der Waals surface area contributed by atoms with Crippen LogP contribution in [-0.4, -0.2) is 93.3 Å². The van der Waals surface area contributed by atoms with Crippen LogP contribution in [0.3, 0.4) is 0 Å². The summed E-state index contributed by atoms with van der Waals surface area (Å²) in [6.45, 7) is 4.28. The van der Waals surface area contributed by atoms with Crippen molar-refractivity contribution in [2.45, 2.75) is 30.0 Å². The number of halogens is 3. The number of H-pyrrole nitrogens is 1. The first-order valence-electron chi connectivity index (χ1n) is 13.5. The first-order chi connectivity index (χ1) is 19.7. The highest BCUT2D eigenvalue weighted by Gasteiger charge is 2.37. The number of benzene rings is 1. The molecule has 1 aromatic carbocycles. The third kappa shape index (κ3) is 5.27. The van der Waals surface area contributed by atoms with Crippen LogP contribution in [0.25, 0.3) is 11.0 Å². The molecule has 15 heteroatoms. The summed E-state index contributed by atoms with van der Waals surface area (Å²) in [5, 5.41) is 5.78. The van der Waals surface area contributed by atoms with Gasteiger partial charge in [-0.1, -0.05) is 0 Å². The Kier molecular flexibility index (Phi) is 7.38. The minimum atomic E-state index is -4.55. The monoisotopic (exact) mass is 596 g/mol. The largest absolute Gasteiger partial charge is 0.485 e. The average Bonchev–Trinajstić information content (AvgIpc) is 3.42. The third-order valence-electron chi connectivity index (χ3n) is 7.73. The highest BCUT2D eigenvalue weighted by Crippen LogP contribution is 2.45. The van der Waals surface area contributed by atoms with Gasteiger partial charge in [0.05, 0.1) is 29.9 Å². The molecule has 5 heterocycles. The van der Waals surface area contributed by atoms with Crippen molar-refractivity contribution in [3.05, 3.63) is 30.0 Å². The maximum Gasteiger partial charge on any atom is 0.418 e. The second-order valence-electron chi connectivity index (χ2n) is 10.1. The summed E-state index contributed by atoms with van der Waals surface area (Å²) in [5.41, 5.74) is -0.191. The average molecular weight is 597 g/mol. The molecule has 0 atom stereocenters. The van der Waals surface area contributed by atoms with E-state index in [1.165, 1.54) is 23.5 Å². The lowest BCUT2D eigenvalue weighted by Gasteiger charge is -2.39. The van der Waals surface area contributed by atoms with E-state index in [4.69, 9.17) is 14.2 Å². The molecule has 0 saturated carbocycles. The number of nitrogens with one attached hydrogen (secondary N) is 3. The summed E-state index contributed by atoms with van der Waals surface area (Å²) in [6.07, 6.45) is -2.21. The number of anilines is 3. The fraction of sp³-hybridized carbons (Fsp3) is 0.500. The predicted molar refractivity (Wildman–Crippen MR) is 146 cm³/mol. The number of fused-ring (bicyclic) bond motifs is 2. The van der Waals surface area contributed by atoms with E-state index in [-0.39, 0.29) is 52.1 Å². The first kappa shape index (κ1) is 27.9. The Balaban J connectivity index is 1.27. The van der Waals surface area contributed by atoms with Crippen LogP contribution in [0.1, 0.15) is 18.4 Å². The molecule has 3 N–H and O–H groups in total. The van der Waals surface area contributed by atoms with E-state index in [2.05, 4.69) is 25.5 Å². The number of sulfonamides is 1. The number of rotatable bonds is 6. The van der Waals surface area contributed by atoms with Gasteiger partial charge in [0.2, 0.25) is 10.0 Å². The van der Waals surface area contributed by atoms with Crippen LogP contribution in [0.4, 0.5) is 30.4 Å². The van der Waals surface area contributed by atoms with Crippen molar-refractivity contribution < 1.29 is 35.8 Å². The fourth-order valence-corrected chi connectivity index (χ4v) is 7.30. The van der Waals surface area contributed by atoms with Crippen molar-refractivity contribution in [1.29, 1.82) is 0 Å². The van der Waals surface area contributed by atoms with Crippen molar-refractivity contribution >= 4 is 38.2 Å². The van der Waals surface area contributed by atoms with Crippen LogP contribution >= 0.6 is 0 Å². The van der Waals surface area contributed by atoms with Crippen molar-refractivity contribution in [1.82, 2.24) is 19.2 Å². The van der Waals surface area contributed by atoms with E-state index in [1.807, 2.05) is 0 Å². The normalized spacial score (nSPS) is 19.4. The highest BCUT2D eigenvalue weighted by atomic mass is 32.2. The molecule has 11 nitrogen and oxygen atoms in total. The summed E-state index contributed by atoms with van der Waals surface area (Å²) < 4.78 is 86.6. The van der Waals surface area contributed by atoms with Gasteiger partial charge in [0.1, 0.15) is 29.6 Å². The molecule has 3 aliphatic heterocycles. The number of piperidine rings is 1. The van der Waals surface area contributed by atoms with Gasteiger partial charge in [-0.25, -0.2) is 13.4 Å². The van der Waals surface area contributed by atoms with Crippen LogP contribution < -0.4 is 20.1 Å². The minimum absolute atomic E-state index is 0.0149. The van der Waals surface area contributed by atoms with E-state index >= 15 is 0 Å². The Morgan fingerprint density at radius 1 is 1.00 bits per heavy atom. The van der Waals surface area contributed by atoms with Crippen LogP contribution in [0.15, 0.2) is 29.3 Å². The summed E-state index contributed by atoms with van der Waals surface area (Å²) in [5.74, 6) is 0.538. The number of hydrogen-bond acceptors (Lipinski definition) is 9. The van der Waals surface area contributed by atoms with Gasteiger partial charge in [0.15, 0.2) is 11.5 Å². The summed E-state index contributed by atoms with van der Waals surface area (Å²) >= 11 is 0. The lowest BCUT2D eigenvalue weighted by atomic mass is 10.0. The molecule has 6 rings (SSSR count). The molecule has 222 valence electrons. The Morgan fingerprint density at radius 2 is 1.71 bits per heavy atom.